The van der Waals surface area contributed by atoms with E-state index in [2.05, 4.69) is 11.9 Å². The van der Waals surface area contributed by atoms with Crippen LogP contribution >= 0.6 is 0 Å². The van der Waals surface area contributed by atoms with Crippen molar-refractivity contribution in [1.82, 2.24) is 5.32 Å². The van der Waals surface area contributed by atoms with E-state index < -0.39 is 10.1 Å². The van der Waals surface area contributed by atoms with Crippen molar-refractivity contribution in [2.24, 2.45) is 0 Å². The molecular weight excluding hydrogens is 268 g/mol. The third-order valence-corrected chi connectivity index (χ3v) is 4.47. The number of carbonyl (C=O) groups is 1. The molecule has 1 N–H and O–H groups in total. The monoisotopic (exact) mass is 292 g/mol. The minimum atomic E-state index is -4.20. The highest BCUT2D eigenvalue weighted by atomic mass is 32.2. The van der Waals surface area contributed by atoms with E-state index in [4.69, 9.17) is 0 Å². The smallest absolute Gasteiger partial charge is 0.247 e. The fraction of sp³-hybridized carbons (Fsp3) is 0.750. The highest BCUT2D eigenvalue weighted by Crippen LogP contribution is 2.16. The largest absolute Gasteiger partial charge is 0.748 e. The molecule has 19 heavy (non-hydrogen) atoms. The first-order valence-electron chi connectivity index (χ1n) is 6.40. The topological polar surface area (TPSA) is 86.3 Å². The number of nitrogens with one attached hydrogen (secondary N) is 1. The second kappa shape index (κ2) is 7.62. The molecule has 0 heterocycles. The van der Waals surface area contributed by atoms with Gasteiger partial charge in [0.1, 0.15) is 0 Å². The highest BCUT2D eigenvalue weighted by molar-refractivity contribution is 7.85. The molecule has 1 amide bonds. The van der Waals surface area contributed by atoms with Crippen LogP contribution in [0, 0.1) is 0 Å². The Hall–Kier alpha value is -0.920. The summed E-state index contributed by atoms with van der Waals surface area (Å²) in [7, 11) is -4.20. The van der Waals surface area contributed by atoms with Gasteiger partial charge in [0.25, 0.3) is 0 Å². The van der Waals surface area contributed by atoms with Gasteiger partial charge >= 0.3 is 0 Å². The van der Waals surface area contributed by atoms with Crippen molar-refractivity contribution in [2.75, 3.05) is 25.5 Å². The molecule has 0 aliphatic heterocycles. The molecule has 0 saturated heterocycles. The SMILES string of the molecule is C=CC(=O)NC[N+](CC)(CC)C(C)CCS(=O)(=O)[O-]. The van der Waals surface area contributed by atoms with Crippen LogP contribution in [0.5, 0.6) is 0 Å². The number of carbonyl (C=O) groups excluding carboxylic acids is 1. The molecule has 6 nitrogen and oxygen atoms in total. The van der Waals surface area contributed by atoms with E-state index in [0.29, 0.717) is 11.2 Å². The maximum absolute atomic E-state index is 11.2. The van der Waals surface area contributed by atoms with Crippen LogP contribution in [0.3, 0.4) is 0 Å². The molecule has 7 heteroatoms. The summed E-state index contributed by atoms with van der Waals surface area (Å²) in [5, 5.41) is 2.74. The maximum atomic E-state index is 11.2. The van der Waals surface area contributed by atoms with Crippen molar-refractivity contribution in [3.8, 4) is 0 Å². The van der Waals surface area contributed by atoms with Crippen LogP contribution in [0.1, 0.15) is 27.2 Å². The molecule has 112 valence electrons. The molecular formula is C12H24N2O4S. The first-order valence-corrected chi connectivity index (χ1v) is 7.98. The fourth-order valence-corrected chi connectivity index (χ4v) is 2.75. The quantitative estimate of drug-likeness (QED) is 0.289. The standard InChI is InChI=1S/C12H24N2O4S/c1-5-12(15)13-10-14(6-2,7-3)11(4)8-9-19(16,17)18/h5,11H,1,6-10H2,2-4H3,(H-,13,15,16,17,18). The van der Waals surface area contributed by atoms with E-state index in [-0.39, 0.29) is 24.1 Å². The molecule has 0 bridgehead atoms. The van der Waals surface area contributed by atoms with Crippen molar-refractivity contribution < 1.29 is 22.2 Å². The van der Waals surface area contributed by atoms with Gasteiger partial charge in [-0.15, -0.1) is 0 Å². The fourth-order valence-electron chi connectivity index (χ4n) is 2.12. The van der Waals surface area contributed by atoms with Crippen LogP contribution in [0.15, 0.2) is 12.7 Å². The Morgan fingerprint density at radius 2 is 1.95 bits per heavy atom. The van der Waals surface area contributed by atoms with Crippen LogP contribution in [0.25, 0.3) is 0 Å². The molecule has 0 fully saturated rings. The van der Waals surface area contributed by atoms with Gasteiger partial charge in [-0.2, -0.15) is 0 Å². The summed E-state index contributed by atoms with van der Waals surface area (Å²) < 4.78 is 32.7. The Bertz CT molecular complexity index is 402. The summed E-state index contributed by atoms with van der Waals surface area (Å²) in [4.78, 5) is 11.2. The lowest BCUT2D eigenvalue weighted by Gasteiger charge is -2.42. The van der Waals surface area contributed by atoms with Gasteiger partial charge in [0.05, 0.1) is 29.2 Å². The molecule has 0 spiro atoms. The zero-order valence-electron chi connectivity index (χ0n) is 11.9. The number of quaternary nitrogens is 1. The number of hydrogen-bond acceptors (Lipinski definition) is 4. The van der Waals surface area contributed by atoms with Crippen LogP contribution < -0.4 is 5.32 Å². The number of nitrogens with zero attached hydrogens (tertiary/aromatic N) is 1. The van der Waals surface area contributed by atoms with Crippen molar-refractivity contribution in [1.29, 1.82) is 0 Å². The summed E-state index contributed by atoms with van der Waals surface area (Å²) in [6, 6.07) is -0.0242. The molecule has 0 radical (unpaired) electrons. The predicted octanol–water partition coefficient (Wildman–Crippen LogP) is 0.426. The van der Waals surface area contributed by atoms with E-state index in [1.54, 1.807) is 0 Å². The average Bonchev–Trinajstić information content (AvgIpc) is 2.36. The Morgan fingerprint density at radius 1 is 1.42 bits per heavy atom. The number of hydrogen-bond donors (Lipinski definition) is 1. The molecule has 0 aliphatic rings. The lowest BCUT2D eigenvalue weighted by Crippen LogP contribution is -2.59. The highest BCUT2D eigenvalue weighted by Gasteiger charge is 2.30. The summed E-state index contributed by atoms with van der Waals surface area (Å²) in [6.45, 7) is 11.1. The Morgan fingerprint density at radius 3 is 2.32 bits per heavy atom. The minimum Gasteiger partial charge on any atom is -0.748 e. The van der Waals surface area contributed by atoms with Gasteiger partial charge in [-0.3, -0.25) is 4.79 Å². The molecule has 0 rings (SSSR count). The van der Waals surface area contributed by atoms with Crippen molar-refractivity contribution in [3.63, 3.8) is 0 Å². The van der Waals surface area contributed by atoms with Crippen LogP contribution in [0.4, 0.5) is 0 Å². The normalized spacial score (nSPS) is 13.9. The lowest BCUT2D eigenvalue weighted by molar-refractivity contribution is -0.948. The van der Waals surface area contributed by atoms with E-state index >= 15 is 0 Å². The van der Waals surface area contributed by atoms with Gasteiger partial charge in [0, 0.05) is 12.2 Å². The first-order chi connectivity index (χ1) is 8.70. The van der Waals surface area contributed by atoms with Crippen LogP contribution in [0.2, 0.25) is 0 Å². The number of rotatable bonds is 9. The summed E-state index contributed by atoms with van der Waals surface area (Å²) in [6.07, 6.45) is 1.49. The Labute approximate surface area is 115 Å². The van der Waals surface area contributed by atoms with Gasteiger partial charge in [0.2, 0.25) is 5.91 Å². The minimum absolute atomic E-state index is 0.0242. The second-order valence-corrected chi connectivity index (χ2v) is 6.18. The van der Waals surface area contributed by atoms with E-state index in [9.17, 15) is 17.8 Å². The van der Waals surface area contributed by atoms with Gasteiger partial charge in [-0.1, -0.05) is 6.58 Å². The van der Waals surface area contributed by atoms with Crippen molar-refractivity contribution in [3.05, 3.63) is 12.7 Å². The van der Waals surface area contributed by atoms with Crippen molar-refractivity contribution >= 4 is 16.0 Å². The summed E-state index contributed by atoms with van der Waals surface area (Å²) in [5.74, 6) is -0.628. The van der Waals surface area contributed by atoms with Crippen LogP contribution in [-0.2, 0) is 14.9 Å². The van der Waals surface area contributed by atoms with Gasteiger partial charge < -0.3 is 14.4 Å². The van der Waals surface area contributed by atoms with E-state index in [0.717, 1.165) is 13.1 Å². The Kier molecular flexibility index (Phi) is 7.25. The molecule has 0 aromatic carbocycles. The molecule has 0 aromatic rings. The van der Waals surface area contributed by atoms with E-state index in [1.165, 1.54) is 6.08 Å². The zero-order valence-corrected chi connectivity index (χ0v) is 12.7. The molecule has 0 aromatic heterocycles. The van der Waals surface area contributed by atoms with Crippen molar-refractivity contribution in [2.45, 2.75) is 33.2 Å². The third kappa shape index (κ3) is 6.17. The second-order valence-electron chi connectivity index (χ2n) is 4.65. The molecule has 0 aliphatic carbocycles. The first kappa shape index (κ1) is 18.1. The lowest BCUT2D eigenvalue weighted by atomic mass is 10.1. The van der Waals surface area contributed by atoms with E-state index in [1.807, 2.05) is 20.8 Å². The van der Waals surface area contributed by atoms with Gasteiger partial charge in [0.15, 0.2) is 6.67 Å². The van der Waals surface area contributed by atoms with Gasteiger partial charge in [-0.25, -0.2) is 8.42 Å². The summed E-state index contributed by atoms with van der Waals surface area (Å²) in [5.41, 5.74) is 0. The predicted molar refractivity (Wildman–Crippen MR) is 73.2 cm³/mol. The molecule has 1 unspecified atom stereocenters. The maximum Gasteiger partial charge on any atom is 0.247 e. The van der Waals surface area contributed by atoms with Gasteiger partial charge in [-0.05, 0) is 26.8 Å². The molecule has 0 saturated carbocycles. The third-order valence-electron chi connectivity index (χ3n) is 3.73. The number of amides is 1. The van der Waals surface area contributed by atoms with Crippen LogP contribution in [-0.4, -0.2) is 54.9 Å². The average molecular weight is 292 g/mol. The Balaban J connectivity index is 4.75. The summed E-state index contributed by atoms with van der Waals surface area (Å²) >= 11 is 0. The molecule has 1 atom stereocenters. The zero-order chi connectivity index (χ0) is 15.1.